The molecule has 5 rings (SSSR count). The van der Waals surface area contributed by atoms with E-state index >= 15 is 0 Å². The summed E-state index contributed by atoms with van der Waals surface area (Å²) in [5.41, 5.74) is 1.78. The third kappa shape index (κ3) is 4.66. The molecule has 1 aromatic carbocycles. The zero-order valence-electron chi connectivity index (χ0n) is 19.3. The van der Waals surface area contributed by atoms with Crippen LogP contribution in [-0.4, -0.2) is 62.1 Å². The number of piperidine rings is 1. The van der Waals surface area contributed by atoms with Gasteiger partial charge in [-0.05, 0) is 37.3 Å². The van der Waals surface area contributed by atoms with Crippen molar-refractivity contribution < 1.29 is 14.7 Å². The second-order valence-electron chi connectivity index (χ2n) is 9.05. The van der Waals surface area contributed by atoms with Crippen molar-refractivity contribution >= 4 is 17.8 Å². The van der Waals surface area contributed by atoms with Gasteiger partial charge in [-0.3, -0.25) is 19.1 Å². The molecule has 4 heterocycles. The summed E-state index contributed by atoms with van der Waals surface area (Å²) in [5, 5.41) is 9.35. The summed E-state index contributed by atoms with van der Waals surface area (Å²) in [6, 6.07) is 14.2. The van der Waals surface area contributed by atoms with Crippen LogP contribution < -0.4 is 10.5 Å². The third-order valence-corrected chi connectivity index (χ3v) is 7.03. The number of aromatic nitrogens is 3. The van der Waals surface area contributed by atoms with E-state index in [1.54, 1.807) is 41.2 Å². The first kappa shape index (κ1) is 22.8. The first-order valence-corrected chi connectivity index (χ1v) is 11.9. The number of nitrogens with zero attached hydrogens (tertiary/aromatic N) is 5. The first-order valence-electron chi connectivity index (χ1n) is 11.9. The van der Waals surface area contributed by atoms with E-state index in [0.29, 0.717) is 56.1 Å². The van der Waals surface area contributed by atoms with Crippen LogP contribution in [0.5, 0.6) is 0 Å². The number of likely N-dealkylation sites (tertiary alicyclic amines) is 1. The van der Waals surface area contributed by atoms with Gasteiger partial charge in [0.15, 0.2) is 5.78 Å². The first-order chi connectivity index (χ1) is 17.0. The van der Waals surface area contributed by atoms with Crippen molar-refractivity contribution in [2.75, 3.05) is 24.5 Å². The van der Waals surface area contributed by atoms with Crippen LogP contribution in [0.4, 0.5) is 10.7 Å². The summed E-state index contributed by atoms with van der Waals surface area (Å²) < 4.78 is 1.64. The summed E-state index contributed by atoms with van der Waals surface area (Å²) in [4.78, 5) is 50.1. The highest BCUT2D eigenvalue weighted by Crippen LogP contribution is 2.33. The monoisotopic (exact) mass is 473 g/mol. The molecular weight excluding hydrogens is 446 g/mol. The number of rotatable bonds is 5. The molecule has 2 aliphatic heterocycles. The molecule has 0 spiro atoms. The average molecular weight is 474 g/mol. The fraction of sp³-hybridized carbons (Fsp3) is 0.346. The maximum atomic E-state index is 13.3. The second kappa shape index (κ2) is 9.69. The molecule has 1 unspecified atom stereocenters. The third-order valence-electron chi connectivity index (χ3n) is 7.03. The number of ketones is 1. The van der Waals surface area contributed by atoms with Crippen LogP contribution in [0.2, 0.25) is 0 Å². The van der Waals surface area contributed by atoms with Gasteiger partial charge in [0.2, 0.25) is 5.95 Å². The molecule has 1 saturated heterocycles. The lowest BCUT2D eigenvalue weighted by Crippen LogP contribution is -2.53. The maximum absolute atomic E-state index is 13.3. The smallest absolute Gasteiger partial charge is 0.407 e. The molecule has 2 aliphatic rings. The fourth-order valence-electron chi connectivity index (χ4n) is 5.18. The van der Waals surface area contributed by atoms with Crippen molar-refractivity contribution in [2.45, 2.75) is 31.8 Å². The topological polar surface area (TPSA) is 109 Å². The highest BCUT2D eigenvalue weighted by molar-refractivity contribution is 5.99. The number of pyridine rings is 1. The van der Waals surface area contributed by atoms with Crippen molar-refractivity contribution in [1.29, 1.82) is 0 Å². The quantitative estimate of drug-likeness (QED) is 0.567. The Morgan fingerprint density at radius 3 is 2.37 bits per heavy atom. The Morgan fingerprint density at radius 1 is 0.971 bits per heavy atom. The van der Waals surface area contributed by atoms with E-state index in [0.717, 1.165) is 5.56 Å². The van der Waals surface area contributed by atoms with Gasteiger partial charge in [-0.25, -0.2) is 9.78 Å². The van der Waals surface area contributed by atoms with Gasteiger partial charge in [0.1, 0.15) is 0 Å². The molecule has 1 amide bonds. The van der Waals surface area contributed by atoms with Gasteiger partial charge in [0.25, 0.3) is 5.56 Å². The fourth-order valence-corrected chi connectivity index (χ4v) is 5.18. The predicted octanol–water partition coefficient (Wildman–Crippen LogP) is 3.16. The number of Topliss-reactive ketones (excluding diaryl/α,β-unsaturated/α-hetero) is 1. The zero-order chi connectivity index (χ0) is 24.4. The molecule has 1 fully saturated rings. The Morgan fingerprint density at radius 2 is 1.69 bits per heavy atom. The molecule has 180 valence electrons. The van der Waals surface area contributed by atoms with Crippen LogP contribution >= 0.6 is 0 Å². The van der Waals surface area contributed by atoms with Gasteiger partial charge in [0.05, 0.1) is 12.2 Å². The number of anilines is 1. The van der Waals surface area contributed by atoms with Gasteiger partial charge in [-0.15, -0.1) is 0 Å². The normalized spacial score (nSPS) is 18.2. The minimum absolute atomic E-state index is 0.0156. The van der Waals surface area contributed by atoms with Crippen molar-refractivity contribution in [3.05, 3.63) is 76.8 Å². The van der Waals surface area contributed by atoms with Crippen molar-refractivity contribution in [3.63, 3.8) is 0 Å². The molecule has 0 aliphatic carbocycles. The number of carboxylic acid groups (broad SMARTS) is 1. The Labute approximate surface area is 202 Å². The molecule has 9 heteroatoms. The molecular formula is C26H27N5O4. The summed E-state index contributed by atoms with van der Waals surface area (Å²) in [6.45, 7) is 1.54. The summed E-state index contributed by atoms with van der Waals surface area (Å²) in [5.74, 6) is 0.644. The van der Waals surface area contributed by atoms with E-state index in [1.807, 2.05) is 23.1 Å². The Balaban J connectivity index is 1.52. The van der Waals surface area contributed by atoms with Crippen LogP contribution in [0.25, 0.3) is 11.3 Å². The van der Waals surface area contributed by atoms with E-state index in [9.17, 15) is 19.5 Å². The van der Waals surface area contributed by atoms with E-state index in [-0.39, 0.29) is 29.8 Å². The predicted molar refractivity (Wildman–Crippen MR) is 131 cm³/mol. The number of carbonyl (C=O) groups is 2. The summed E-state index contributed by atoms with van der Waals surface area (Å²) in [6.07, 6.45) is 4.53. The Kier molecular flexibility index (Phi) is 6.31. The van der Waals surface area contributed by atoms with Crippen LogP contribution in [0, 0.1) is 5.92 Å². The number of amides is 1. The van der Waals surface area contributed by atoms with Crippen molar-refractivity contribution in [1.82, 2.24) is 19.4 Å². The molecule has 35 heavy (non-hydrogen) atoms. The highest BCUT2D eigenvalue weighted by Gasteiger charge is 2.37. The lowest BCUT2D eigenvalue weighted by atomic mass is 9.85. The van der Waals surface area contributed by atoms with Gasteiger partial charge < -0.3 is 14.9 Å². The number of benzene rings is 1. The molecule has 3 aromatic rings. The number of hydrogen-bond acceptors (Lipinski definition) is 6. The standard InChI is InChI=1S/C26H27N5O4/c32-23(20-4-2-1-3-5-20)17-31-22(19-8-13-29(14-9-19)26(34)35)10-15-30-24(33)16-21(28-25(30)31)18-6-11-27-12-7-18/h1-7,11-12,16,19,22H,8-10,13-15,17H2,(H,34,35). The lowest BCUT2D eigenvalue weighted by molar-refractivity contribution is 0.0983. The van der Waals surface area contributed by atoms with Crippen LogP contribution in [-0.2, 0) is 6.54 Å². The van der Waals surface area contributed by atoms with Gasteiger partial charge >= 0.3 is 6.09 Å². The van der Waals surface area contributed by atoms with Crippen LogP contribution in [0.15, 0.2) is 65.7 Å². The van der Waals surface area contributed by atoms with Crippen LogP contribution in [0.1, 0.15) is 29.6 Å². The molecule has 1 N–H and O–H groups in total. The molecule has 1 atom stereocenters. The zero-order valence-corrected chi connectivity index (χ0v) is 19.3. The minimum atomic E-state index is -0.899. The number of hydrogen-bond donors (Lipinski definition) is 1. The second-order valence-corrected chi connectivity index (χ2v) is 9.05. The van der Waals surface area contributed by atoms with E-state index in [4.69, 9.17) is 4.98 Å². The molecule has 0 saturated carbocycles. The lowest BCUT2D eigenvalue weighted by Gasteiger charge is -2.44. The Bertz CT molecular complexity index is 1270. The van der Waals surface area contributed by atoms with E-state index in [1.165, 1.54) is 11.0 Å². The van der Waals surface area contributed by atoms with Crippen molar-refractivity contribution in [2.24, 2.45) is 5.92 Å². The van der Waals surface area contributed by atoms with Gasteiger partial charge in [0, 0.05) is 55.3 Å². The van der Waals surface area contributed by atoms with E-state index < -0.39 is 6.09 Å². The average Bonchev–Trinajstić information content (AvgIpc) is 2.90. The van der Waals surface area contributed by atoms with E-state index in [2.05, 4.69) is 4.98 Å². The van der Waals surface area contributed by atoms with Crippen molar-refractivity contribution in [3.8, 4) is 11.3 Å². The summed E-state index contributed by atoms with van der Waals surface area (Å²) in [7, 11) is 0. The number of fused-ring (bicyclic) bond motifs is 1. The summed E-state index contributed by atoms with van der Waals surface area (Å²) >= 11 is 0. The SMILES string of the molecule is O=C(CN1c2nc(-c3ccncc3)cc(=O)n2CCC1C1CCN(C(=O)O)CC1)c1ccccc1. The molecule has 2 aromatic heterocycles. The van der Waals surface area contributed by atoms with Gasteiger partial charge in [-0.2, -0.15) is 0 Å². The van der Waals surface area contributed by atoms with Gasteiger partial charge in [-0.1, -0.05) is 30.3 Å². The maximum Gasteiger partial charge on any atom is 0.407 e. The highest BCUT2D eigenvalue weighted by atomic mass is 16.4. The minimum Gasteiger partial charge on any atom is -0.465 e. The number of carbonyl (C=O) groups excluding carboxylic acids is 1. The molecule has 0 radical (unpaired) electrons. The largest absolute Gasteiger partial charge is 0.465 e. The Hall–Kier alpha value is -4.01. The molecule has 0 bridgehead atoms. The van der Waals surface area contributed by atoms with Crippen LogP contribution in [0.3, 0.4) is 0 Å². The molecule has 9 nitrogen and oxygen atoms in total.